The quantitative estimate of drug-likeness (QED) is 0.0491. The van der Waals surface area contributed by atoms with Crippen LogP contribution in [0.15, 0.2) is 0 Å². The second-order valence-corrected chi connectivity index (χ2v) is 14.4. The van der Waals surface area contributed by atoms with Crippen molar-refractivity contribution >= 4 is 15.2 Å². The van der Waals surface area contributed by atoms with Crippen LogP contribution in [-0.2, 0) is 18.2 Å². The molecule has 0 bridgehead atoms. The second-order valence-electron chi connectivity index (χ2n) is 10.5. The Labute approximate surface area is 243 Å². The molecule has 0 saturated heterocycles. The highest BCUT2D eigenvalue weighted by Crippen LogP contribution is 2.42. The number of nitrogens with two attached hydrogens (primary N) is 4. The number of unbranched alkanes of at least 4 members (excludes halogenated alkanes) is 7. The van der Waals surface area contributed by atoms with Crippen molar-refractivity contribution < 1.29 is 28.0 Å². The molecule has 0 heterocycles. The molecule has 0 aromatic heterocycles. The maximum absolute atomic E-state index is 12.3. The molecule has 0 aromatic rings. The summed E-state index contributed by atoms with van der Waals surface area (Å²) in [5, 5.41) is 0. The molecule has 0 aliphatic carbocycles. The smallest absolute Gasteiger partial charge is 0.329 e. The summed E-state index contributed by atoms with van der Waals surface area (Å²) in [6, 6.07) is 0. The molecule has 0 amide bonds. The van der Waals surface area contributed by atoms with Gasteiger partial charge in [-0.3, -0.25) is 9.13 Å². The highest BCUT2D eigenvalue weighted by Gasteiger charge is 2.21. The molecule has 242 valence electrons. The lowest BCUT2D eigenvalue weighted by molar-refractivity contribution is 0.236. The van der Waals surface area contributed by atoms with Crippen molar-refractivity contribution in [2.75, 3.05) is 91.0 Å². The molecule has 2 atom stereocenters. The monoisotopic (exact) mass is 616 g/mol. The van der Waals surface area contributed by atoms with Crippen LogP contribution in [0.2, 0.25) is 0 Å². The van der Waals surface area contributed by atoms with Gasteiger partial charge in [-0.05, 0) is 90.9 Å². The molecule has 2 unspecified atom stereocenters. The van der Waals surface area contributed by atoms with Crippen molar-refractivity contribution in [2.45, 2.75) is 77.0 Å². The van der Waals surface area contributed by atoms with Crippen molar-refractivity contribution in [1.82, 2.24) is 9.80 Å². The predicted octanol–water partition coefficient (Wildman–Crippen LogP) is 2.51. The van der Waals surface area contributed by atoms with Crippen molar-refractivity contribution in [3.63, 3.8) is 0 Å². The maximum atomic E-state index is 12.3. The zero-order valence-corrected chi connectivity index (χ0v) is 26.8. The van der Waals surface area contributed by atoms with Gasteiger partial charge in [0.25, 0.3) is 0 Å². The Hall–Kier alpha value is 0.0600. The Morgan fingerprint density at radius 3 is 1.00 bits per heavy atom. The minimum atomic E-state index is -3.58. The third-order valence-electron chi connectivity index (χ3n) is 6.74. The zero-order chi connectivity index (χ0) is 30.0. The lowest BCUT2D eigenvalue weighted by Gasteiger charge is -2.23. The zero-order valence-electron chi connectivity index (χ0n) is 25.0. The lowest BCUT2D eigenvalue weighted by Crippen LogP contribution is -2.31. The number of hydrogen-bond acceptors (Lipinski definition) is 10. The fraction of sp³-hybridized carbons (Fsp3) is 1.00. The van der Waals surface area contributed by atoms with Gasteiger partial charge in [-0.15, -0.1) is 0 Å². The van der Waals surface area contributed by atoms with Crippen molar-refractivity contribution in [3.8, 4) is 0 Å². The first-order chi connectivity index (χ1) is 19.2. The van der Waals surface area contributed by atoms with E-state index < -0.39 is 15.2 Å². The van der Waals surface area contributed by atoms with Crippen LogP contribution in [-0.4, -0.2) is 111 Å². The summed E-state index contributed by atoms with van der Waals surface area (Å²) in [7, 11) is -7.17. The minimum Gasteiger partial charge on any atom is -0.330 e. The summed E-state index contributed by atoms with van der Waals surface area (Å²) in [5.74, 6) is 0. The van der Waals surface area contributed by atoms with Crippen LogP contribution in [0.25, 0.3) is 0 Å². The van der Waals surface area contributed by atoms with Gasteiger partial charge in [0.2, 0.25) is 0 Å². The van der Waals surface area contributed by atoms with E-state index in [0.717, 1.165) is 103 Å². The minimum absolute atomic E-state index is 0.125. The molecule has 0 aliphatic heterocycles. The molecule has 10 N–H and O–H groups in total. The van der Waals surface area contributed by atoms with Crippen LogP contribution in [0.1, 0.15) is 77.0 Å². The first kappa shape index (κ1) is 40.1. The van der Waals surface area contributed by atoms with Crippen LogP contribution in [0, 0.1) is 0 Å². The van der Waals surface area contributed by atoms with E-state index in [0.29, 0.717) is 52.5 Å². The Bertz CT molecular complexity index is 597. The van der Waals surface area contributed by atoms with Gasteiger partial charge in [-0.2, -0.15) is 0 Å². The number of hydrogen-bond donors (Lipinski definition) is 6. The van der Waals surface area contributed by atoms with E-state index in [4.69, 9.17) is 32.0 Å². The van der Waals surface area contributed by atoms with Gasteiger partial charge in [-0.1, -0.05) is 38.5 Å². The van der Waals surface area contributed by atoms with E-state index in [2.05, 4.69) is 9.80 Å². The molecule has 0 aromatic carbocycles. The Morgan fingerprint density at radius 1 is 0.450 bits per heavy atom. The highest BCUT2D eigenvalue weighted by molar-refractivity contribution is 7.53. The summed E-state index contributed by atoms with van der Waals surface area (Å²) in [6.07, 6.45) is 11.4. The van der Waals surface area contributed by atoms with Gasteiger partial charge < -0.3 is 51.6 Å². The molecule has 0 radical (unpaired) electrons. The Kier molecular flexibility index (Phi) is 26.7. The van der Waals surface area contributed by atoms with Crippen LogP contribution in [0.4, 0.5) is 0 Å². The largest absolute Gasteiger partial charge is 0.330 e. The summed E-state index contributed by atoms with van der Waals surface area (Å²) in [6.45, 7) is 7.22. The van der Waals surface area contributed by atoms with Crippen LogP contribution >= 0.6 is 15.2 Å². The fourth-order valence-electron chi connectivity index (χ4n) is 4.27. The number of nitrogens with zero attached hydrogens (tertiary/aromatic N) is 2. The molecule has 14 heteroatoms. The average Bonchev–Trinajstić information content (AvgIpc) is 2.92. The third-order valence-corrected chi connectivity index (χ3v) is 9.44. The van der Waals surface area contributed by atoms with Crippen LogP contribution in [0.5, 0.6) is 0 Å². The molecule has 0 spiro atoms. The topological polar surface area (TPSA) is 204 Å². The molecular formula is C26H62N6O6P2. The first-order valence-electron chi connectivity index (χ1n) is 15.4. The molecule has 0 aliphatic rings. The van der Waals surface area contributed by atoms with E-state index in [1.165, 1.54) is 0 Å². The Balaban J connectivity index is 3.81. The predicted molar refractivity (Wildman–Crippen MR) is 166 cm³/mol. The third kappa shape index (κ3) is 25.7. The molecule has 0 fully saturated rings. The van der Waals surface area contributed by atoms with Gasteiger partial charge in [0.15, 0.2) is 0 Å². The average molecular weight is 617 g/mol. The van der Waals surface area contributed by atoms with Gasteiger partial charge in [-0.25, -0.2) is 0 Å². The van der Waals surface area contributed by atoms with E-state index in [-0.39, 0.29) is 12.3 Å². The van der Waals surface area contributed by atoms with Crippen LogP contribution in [0.3, 0.4) is 0 Å². The molecule has 0 saturated carbocycles. The fourth-order valence-corrected chi connectivity index (χ4v) is 6.43. The molecule has 12 nitrogen and oxygen atoms in total. The molecule has 40 heavy (non-hydrogen) atoms. The van der Waals surface area contributed by atoms with Gasteiger partial charge >= 0.3 is 15.2 Å². The van der Waals surface area contributed by atoms with Gasteiger partial charge in [0.1, 0.15) is 0 Å². The summed E-state index contributed by atoms with van der Waals surface area (Å²) in [5.41, 5.74) is 22.3. The normalized spacial score (nSPS) is 15.1. The second kappa shape index (κ2) is 26.7. The van der Waals surface area contributed by atoms with Gasteiger partial charge in [0, 0.05) is 13.1 Å². The Morgan fingerprint density at radius 2 is 0.725 bits per heavy atom. The molecular weight excluding hydrogens is 554 g/mol. The summed E-state index contributed by atoms with van der Waals surface area (Å²) in [4.78, 5) is 24.5. The lowest BCUT2D eigenvalue weighted by atomic mass is 10.1. The maximum Gasteiger partial charge on any atom is 0.329 e. The summed E-state index contributed by atoms with van der Waals surface area (Å²) >= 11 is 0. The van der Waals surface area contributed by atoms with E-state index >= 15 is 0 Å². The summed E-state index contributed by atoms with van der Waals surface area (Å²) < 4.78 is 35.3. The number of rotatable bonds is 31. The van der Waals surface area contributed by atoms with Gasteiger partial charge in [0.05, 0.1) is 25.5 Å². The van der Waals surface area contributed by atoms with Crippen LogP contribution < -0.4 is 22.9 Å². The SMILES string of the molecule is NCCCN(CCCN)CCP(=O)(O)OCCCCCCCCCCOP(=O)(O)CCN(CCCN)CCCN. The standard InChI is InChI=1S/C26H62N6O6P2/c27-13-9-17-31(18-10-14-28)21-25-39(33,34)37-23-7-5-3-1-2-4-6-8-24-38-40(35,36)26-22-32(19-11-15-29)20-12-16-30/h1-30H2,(H,33,34)(H,35,36). The van der Waals surface area contributed by atoms with E-state index in [1.54, 1.807) is 0 Å². The molecule has 0 rings (SSSR count). The van der Waals surface area contributed by atoms with Crippen molar-refractivity contribution in [1.29, 1.82) is 0 Å². The van der Waals surface area contributed by atoms with E-state index in [1.807, 2.05) is 0 Å². The first-order valence-corrected chi connectivity index (χ1v) is 18.9. The van der Waals surface area contributed by atoms with E-state index in [9.17, 15) is 18.9 Å². The highest BCUT2D eigenvalue weighted by atomic mass is 31.2. The van der Waals surface area contributed by atoms with Crippen molar-refractivity contribution in [3.05, 3.63) is 0 Å². The van der Waals surface area contributed by atoms with Crippen molar-refractivity contribution in [2.24, 2.45) is 22.9 Å².